The van der Waals surface area contributed by atoms with Gasteiger partial charge in [0.25, 0.3) is 5.91 Å². The van der Waals surface area contributed by atoms with E-state index in [0.29, 0.717) is 17.0 Å². The van der Waals surface area contributed by atoms with E-state index in [9.17, 15) is 4.79 Å². The second-order valence-electron chi connectivity index (χ2n) is 4.42. The lowest BCUT2D eigenvalue weighted by Crippen LogP contribution is -2.27. The van der Waals surface area contributed by atoms with E-state index < -0.39 is 0 Å². The first-order chi connectivity index (χ1) is 8.54. The summed E-state index contributed by atoms with van der Waals surface area (Å²) in [6.45, 7) is 2.90. The minimum atomic E-state index is 0.0493. The summed E-state index contributed by atoms with van der Waals surface area (Å²) in [5, 5.41) is 0. The van der Waals surface area contributed by atoms with Crippen molar-refractivity contribution in [3.05, 3.63) is 35.4 Å². The van der Waals surface area contributed by atoms with E-state index in [0.717, 1.165) is 24.9 Å². The second-order valence-corrected chi connectivity index (χ2v) is 4.95. The number of benzene rings is 1. The van der Waals surface area contributed by atoms with Crippen LogP contribution in [0.5, 0.6) is 0 Å². The SMILES string of the molecule is CCCCN(C)C(=O)c1cccc(CC(N)=S)c1. The van der Waals surface area contributed by atoms with Crippen LogP contribution in [0.2, 0.25) is 0 Å². The smallest absolute Gasteiger partial charge is 0.253 e. The number of hydrogen-bond acceptors (Lipinski definition) is 2. The number of carbonyl (C=O) groups is 1. The largest absolute Gasteiger partial charge is 0.393 e. The third-order valence-corrected chi connectivity index (χ3v) is 2.89. The molecule has 0 aliphatic rings. The van der Waals surface area contributed by atoms with Gasteiger partial charge in [-0.15, -0.1) is 0 Å². The summed E-state index contributed by atoms with van der Waals surface area (Å²) in [7, 11) is 1.83. The summed E-state index contributed by atoms with van der Waals surface area (Å²) in [5.41, 5.74) is 7.19. The Hall–Kier alpha value is -1.42. The van der Waals surface area contributed by atoms with Crippen LogP contribution in [-0.4, -0.2) is 29.4 Å². The molecule has 18 heavy (non-hydrogen) atoms. The fraction of sp³-hybridized carbons (Fsp3) is 0.429. The van der Waals surface area contributed by atoms with Crippen LogP contribution in [0, 0.1) is 0 Å². The summed E-state index contributed by atoms with van der Waals surface area (Å²) in [4.78, 5) is 14.3. The minimum absolute atomic E-state index is 0.0493. The molecular weight excluding hydrogens is 244 g/mol. The molecule has 0 fully saturated rings. The average Bonchev–Trinajstić information content (AvgIpc) is 2.34. The number of carbonyl (C=O) groups excluding carboxylic acids is 1. The molecule has 1 amide bonds. The van der Waals surface area contributed by atoms with Gasteiger partial charge >= 0.3 is 0 Å². The Bertz CT molecular complexity index is 432. The summed E-state index contributed by atoms with van der Waals surface area (Å²) in [5.74, 6) is 0.0493. The van der Waals surface area contributed by atoms with Crippen LogP contribution >= 0.6 is 12.2 Å². The van der Waals surface area contributed by atoms with Gasteiger partial charge in [0.1, 0.15) is 0 Å². The summed E-state index contributed by atoms with van der Waals surface area (Å²) >= 11 is 4.88. The molecule has 0 aliphatic carbocycles. The van der Waals surface area contributed by atoms with E-state index in [2.05, 4.69) is 6.92 Å². The fourth-order valence-electron chi connectivity index (χ4n) is 1.73. The van der Waals surface area contributed by atoms with Crippen molar-refractivity contribution in [3.63, 3.8) is 0 Å². The van der Waals surface area contributed by atoms with Crippen LogP contribution in [0.1, 0.15) is 35.7 Å². The van der Waals surface area contributed by atoms with E-state index in [1.807, 2.05) is 31.3 Å². The van der Waals surface area contributed by atoms with Gasteiger partial charge in [-0.1, -0.05) is 37.7 Å². The predicted molar refractivity (Wildman–Crippen MR) is 78.8 cm³/mol. The highest BCUT2D eigenvalue weighted by Crippen LogP contribution is 2.09. The first kappa shape index (κ1) is 14.6. The normalized spacial score (nSPS) is 10.1. The van der Waals surface area contributed by atoms with Crippen LogP contribution in [0.15, 0.2) is 24.3 Å². The second kappa shape index (κ2) is 7.11. The zero-order chi connectivity index (χ0) is 13.5. The fourth-order valence-corrected chi connectivity index (χ4v) is 1.90. The third kappa shape index (κ3) is 4.45. The van der Waals surface area contributed by atoms with Crippen molar-refractivity contribution in [2.45, 2.75) is 26.2 Å². The highest BCUT2D eigenvalue weighted by Gasteiger charge is 2.11. The molecule has 0 saturated carbocycles. The van der Waals surface area contributed by atoms with Crippen molar-refractivity contribution in [1.29, 1.82) is 0 Å². The van der Waals surface area contributed by atoms with E-state index in [4.69, 9.17) is 18.0 Å². The van der Waals surface area contributed by atoms with Gasteiger partial charge in [-0.2, -0.15) is 0 Å². The summed E-state index contributed by atoms with van der Waals surface area (Å²) < 4.78 is 0. The van der Waals surface area contributed by atoms with Crippen molar-refractivity contribution >= 4 is 23.1 Å². The molecule has 3 nitrogen and oxygen atoms in total. The van der Waals surface area contributed by atoms with Crippen LogP contribution in [-0.2, 0) is 6.42 Å². The molecule has 0 atom stereocenters. The number of thiocarbonyl (C=S) groups is 1. The lowest BCUT2D eigenvalue weighted by atomic mass is 10.1. The van der Waals surface area contributed by atoms with Crippen molar-refractivity contribution in [2.75, 3.05) is 13.6 Å². The number of amides is 1. The number of nitrogens with zero attached hydrogens (tertiary/aromatic N) is 1. The maximum atomic E-state index is 12.2. The first-order valence-corrected chi connectivity index (χ1v) is 6.58. The zero-order valence-corrected chi connectivity index (χ0v) is 11.8. The number of nitrogens with two attached hydrogens (primary N) is 1. The van der Waals surface area contributed by atoms with Gasteiger partial charge in [0, 0.05) is 25.6 Å². The molecular formula is C14H20N2OS. The molecule has 1 rings (SSSR count). The standard InChI is InChI=1S/C14H20N2OS/c1-3-4-8-16(2)14(17)12-7-5-6-11(9-12)10-13(15)18/h5-7,9H,3-4,8,10H2,1-2H3,(H2,15,18). The molecule has 0 bridgehead atoms. The van der Waals surface area contributed by atoms with Crippen molar-refractivity contribution in [3.8, 4) is 0 Å². The van der Waals surface area contributed by atoms with Gasteiger partial charge in [0.2, 0.25) is 0 Å². The monoisotopic (exact) mass is 264 g/mol. The molecule has 0 saturated heterocycles. The van der Waals surface area contributed by atoms with Crippen LogP contribution in [0.3, 0.4) is 0 Å². The number of hydrogen-bond donors (Lipinski definition) is 1. The van der Waals surface area contributed by atoms with Gasteiger partial charge < -0.3 is 10.6 Å². The van der Waals surface area contributed by atoms with Crippen LogP contribution in [0.25, 0.3) is 0 Å². The van der Waals surface area contributed by atoms with Gasteiger partial charge in [0.15, 0.2) is 0 Å². The molecule has 0 heterocycles. The highest BCUT2D eigenvalue weighted by atomic mass is 32.1. The van der Waals surface area contributed by atoms with Gasteiger partial charge in [0.05, 0.1) is 4.99 Å². The Morgan fingerprint density at radius 3 is 2.78 bits per heavy atom. The molecule has 0 spiro atoms. The molecule has 0 radical (unpaired) electrons. The van der Waals surface area contributed by atoms with E-state index in [1.165, 1.54) is 0 Å². The van der Waals surface area contributed by atoms with Crippen molar-refractivity contribution < 1.29 is 4.79 Å². The molecule has 0 aromatic heterocycles. The highest BCUT2D eigenvalue weighted by molar-refractivity contribution is 7.80. The van der Waals surface area contributed by atoms with E-state index in [-0.39, 0.29) is 5.91 Å². The molecule has 2 N–H and O–H groups in total. The van der Waals surface area contributed by atoms with Gasteiger partial charge in [-0.05, 0) is 24.1 Å². The Balaban J connectivity index is 2.76. The Morgan fingerprint density at radius 2 is 2.17 bits per heavy atom. The van der Waals surface area contributed by atoms with Gasteiger partial charge in [-0.3, -0.25) is 4.79 Å². The zero-order valence-electron chi connectivity index (χ0n) is 11.0. The average molecular weight is 264 g/mol. The van der Waals surface area contributed by atoms with E-state index >= 15 is 0 Å². The lowest BCUT2D eigenvalue weighted by Gasteiger charge is -2.17. The van der Waals surface area contributed by atoms with E-state index in [1.54, 1.807) is 4.90 Å². The molecule has 98 valence electrons. The summed E-state index contributed by atoms with van der Waals surface area (Å²) in [6.07, 6.45) is 2.64. The third-order valence-electron chi connectivity index (χ3n) is 2.75. The van der Waals surface area contributed by atoms with Gasteiger partial charge in [-0.25, -0.2) is 0 Å². The molecule has 0 unspecified atom stereocenters. The Morgan fingerprint density at radius 1 is 1.44 bits per heavy atom. The Labute approximate surface area is 114 Å². The van der Waals surface area contributed by atoms with Crippen LogP contribution in [0.4, 0.5) is 0 Å². The molecule has 1 aromatic carbocycles. The summed E-state index contributed by atoms with van der Waals surface area (Å²) in [6, 6.07) is 7.49. The maximum absolute atomic E-state index is 12.2. The van der Waals surface area contributed by atoms with Crippen LogP contribution < -0.4 is 5.73 Å². The molecule has 4 heteroatoms. The number of rotatable bonds is 6. The molecule has 0 aliphatic heterocycles. The lowest BCUT2D eigenvalue weighted by molar-refractivity contribution is 0.0793. The topological polar surface area (TPSA) is 46.3 Å². The van der Waals surface area contributed by atoms with Crippen molar-refractivity contribution in [1.82, 2.24) is 4.90 Å². The first-order valence-electron chi connectivity index (χ1n) is 6.17. The maximum Gasteiger partial charge on any atom is 0.253 e. The number of unbranched alkanes of at least 4 members (excludes halogenated alkanes) is 1. The van der Waals surface area contributed by atoms with Crippen molar-refractivity contribution in [2.24, 2.45) is 5.73 Å². The molecule has 1 aromatic rings. The minimum Gasteiger partial charge on any atom is -0.393 e. The predicted octanol–water partition coefficient (Wildman–Crippen LogP) is 2.39. The quantitative estimate of drug-likeness (QED) is 0.802. The Kier molecular flexibility index (Phi) is 5.78.